The highest BCUT2D eigenvalue weighted by molar-refractivity contribution is 7.99. The summed E-state index contributed by atoms with van der Waals surface area (Å²) in [7, 11) is 0. The van der Waals surface area contributed by atoms with Gasteiger partial charge in [0, 0.05) is 5.39 Å². The van der Waals surface area contributed by atoms with Crippen LogP contribution in [0.15, 0.2) is 59.8 Å². The van der Waals surface area contributed by atoms with Crippen molar-refractivity contribution in [3.8, 4) is 0 Å². The molecule has 0 aliphatic rings. The van der Waals surface area contributed by atoms with Crippen LogP contribution >= 0.6 is 11.8 Å². The van der Waals surface area contributed by atoms with Gasteiger partial charge in [-0.05, 0) is 38.1 Å². The van der Waals surface area contributed by atoms with Gasteiger partial charge in [0.15, 0.2) is 5.16 Å². The summed E-state index contributed by atoms with van der Waals surface area (Å²) in [5.41, 5.74) is 5.11. The van der Waals surface area contributed by atoms with E-state index >= 15 is 0 Å². The summed E-state index contributed by atoms with van der Waals surface area (Å²) in [6.45, 7) is 4.15. The van der Waals surface area contributed by atoms with Crippen molar-refractivity contribution in [2.75, 3.05) is 0 Å². The molecular weight excluding hydrogens is 342 g/mol. The van der Waals surface area contributed by atoms with Crippen LogP contribution in [-0.4, -0.2) is 24.6 Å². The minimum Gasteiger partial charge on any atom is -0.341 e. The molecule has 0 spiro atoms. The molecule has 0 bridgehead atoms. The van der Waals surface area contributed by atoms with Crippen molar-refractivity contribution in [1.29, 1.82) is 0 Å². The average Bonchev–Trinajstić information content (AvgIpc) is 3.25. The molecule has 5 rings (SSSR count). The number of nitrogens with zero attached hydrogens (tertiary/aromatic N) is 4. The number of aryl methyl sites for hydroxylation is 1. The number of nitrogens with one attached hydrogen (secondary N) is 1. The third-order valence-corrected chi connectivity index (χ3v) is 5.54. The van der Waals surface area contributed by atoms with E-state index in [0.717, 1.165) is 44.1 Å². The maximum absolute atomic E-state index is 4.86. The monoisotopic (exact) mass is 359 g/mol. The summed E-state index contributed by atoms with van der Waals surface area (Å²) in [5, 5.41) is 6.78. The number of aromatic nitrogens is 5. The van der Waals surface area contributed by atoms with Gasteiger partial charge >= 0.3 is 0 Å². The van der Waals surface area contributed by atoms with Gasteiger partial charge in [-0.3, -0.25) is 0 Å². The fourth-order valence-corrected chi connectivity index (χ4v) is 4.16. The number of imidazole rings is 1. The zero-order valence-corrected chi connectivity index (χ0v) is 15.3. The lowest BCUT2D eigenvalue weighted by Crippen LogP contribution is -2.00. The molecule has 0 fully saturated rings. The number of thioether (sulfide) groups is 1. The molecule has 6 heteroatoms. The van der Waals surface area contributed by atoms with Crippen molar-refractivity contribution in [1.82, 2.24) is 24.6 Å². The molecule has 1 unspecified atom stereocenters. The number of hydrogen-bond donors (Lipinski definition) is 1. The van der Waals surface area contributed by atoms with Gasteiger partial charge in [-0.15, -0.1) is 0 Å². The van der Waals surface area contributed by atoms with Crippen molar-refractivity contribution >= 4 is 39.2 Å². The van der Waals surface area contributed by atoms with Crippen LogP contribution in [0.2, 0.25) is 0 Å². The van der Waals surface area contributed by atoms with Gasteiger partial charge in [0.05, 0.1) is 33.0 Å². The van der Waals surface area contributed by atoms with Crippen LogP contribution < -0.4 is 0 Å². The minimum absolute atomic E-state index is 0.128. The van der Waals surface area contributed by atoms with Gasteiger partial charge in [-0.25, -0.2) is 14.5 Å². The van der Waals surface area contributed by atoms with Crippen molar-refractivity contribution in [2.24, 2.45) is 0 Å². The lowest BCUT2D eigenvalue weighted by molar-refractivity contribution is 0.791. The molecule has 0 aliphatic heterocycles. The van der Waals surface area contributed by atoms with E-state index in [1.165, 1.54) is 0 Å². The lowest BCUT2D eigenvalue weighted by Gasteiger charge is -2.10. The first-order chi connectivity index (χ1) is 12.7. The molecular formula is C20H17N5S. The Hall–Kier alpha value is -2.86. The van der Waals surface area contributed by atoms with Gasteiger partial charge in [0.25, 0.3) is 0 Å². The molecule has 128 valence electrons. The van der Waals surface area contributed by atoms with Crippen LogP contribution in [0, 0.1) is 6.92 Å². The maximum Gasteiger partial charge on any atom is 0.190 e. The van der Waals surface area contributed by atoms with E-state index in [4.69, 9.17) is 9.97 Å². The van der Waals surface area contributed by atoms with E-state index < -0.39 is 0 Å². The first kappa shape index (κ1) is 15.4. The SMILES string of the molecule is Cc1cc2c3ccccc3nc(SC(C)c3nc4ccccc4[nH]3)n2n1. The van der Waals surface area contributed by atoms with Crippen LogP contribution in [-0.2, 0) is 0 Å². The number of rotatable bonds is 3. The predicted molar refractivity (Wildman–Crippen MR) is 106 cm³/mol. The lowest BCUT2D eigenvalue weighted by atomic mass is 10.2. The van der Waals surface area contributed by atoms with E-state index in [-0.39, 0.29) is 5.25 Å². The Morgan fingerprint density at radius 1 is 1.00 bits per heavy atom. The van der Waals surface area contributed by atoms with Crippen LogP contribution in [0.5, 0.6) is 0 Å². The first-order valence-electron chi connectivity index (χ1n) is 8.55. The third-order valence-electron chi connectivity index (χ3n) is 4.48. The average molecular weight is 359 g/mol. The van der Waals surface area contributed by atoms with E-state index in [1.54, 1.807) is 11.8 Å². The topological polar surface area (TPSA) is 58.9 Å². The maximum atomic E-state index is 4.86. The Balaban J connectivity index is 1.61. The summed E-state index contributed by atoms with van der Waals surface area (Å²) in [5.74, 6) is 0.947. The molecule has 5 aromatic rings. The van der Waals surface area contributed by atoms with Crippen molar-refractivity contribution < 1.29 is 0 Å². The van der Waals surface area contributed by atoms with E-state index in [1.807, 2.05) is 53.9 Å². The van der Waals surface area contributed by atoms with Crippen LogP contribution in [0.4, 0.5) is 0 Å². The van der Waals surface area contributed by atoms with E-state index in [2.05, 4.69) is 29.1 Å². The molecule has 26 heavy (non-hydrogen) atoms. The summed E-state index contributed by atoms with van der Waals surface area (Å²) in [6.07, 6.45) is 0. The highest BCUT2D eigenvalue weighted by Gasteiger charge is 2.17. The van der Waals surface area contributed by atoms with Crippen molar-refractivity contribution in [3.05, 3.63) is 66.1 Å². The van der Waals surface area contributed by atoms with Gasteiger partial charge in [0.2, 0.25) is 0 Å². The van der Waals surface area contributed by atoms with Gasteiger partial charge in [-0.1, -0.05) is 42.1 Å². The fraction of sp³-hybridized carbons (Fsp3) is 0.150. The molecule has 3 aromatic heterocycles. The second kappa shape index (κ2) is 5.85. The highest BCUT2D eigenvalue weighted by atomic mass is 32.2. The number of hydrogen-bond acceptors (Lipinski definition) is 4. The van der Waals surface area contributed by atoms with Crippen LogP contribution in [0.1, 0.15) is 23.7 Å². The Bertz CT molecular complexity index is 1220. The molecule has 3 heterocycles. The third kappa shape index (κ3) is 2.45. The van der Waals surface area contributed by atoms with Crippen LogP contribution in [0.3, 0.4) is 0 Å². The second-order valence-electron chi connectivity index (χ2n) is 6.39. The summed E-state index contributed by atoms with van der Waals surface area (Å²) in [4.78, 5) is 13.0. The molecule has 0 aliphatic carbocycles. The van der Waals surface area contributed by atoms with Gasteiger partial charge in [-0.2, -0.15) is 5.10 Å². The fourth-order valence-electron chi connectivity index (χ4n) is 3.23. The van der Waals surface area contributed by atoms with Crippen LogP contribution in [0.25, 0.3) is 27.5 Å². The molecule has 1 N–H and O–H groups in total. The zero-order valence-electron chi connectivity index (χ0n) is 14.5. The number of benzene rings is 2. The Kier molecular flexibility index (Phi) is 3.46. The Morgan fingerprint density at radius 2 is 1.77 bits per heavy atom. The quantitative estimate of drug-likeness (QED) is 0.367. The predicted octanol–water partition coefficient (Wildman–Crippen LogP) is 4.92. The summed E-state index contributed by atoms with van der Waals surface area (Å²) < 4.78 is 1.95. The number of para-hydroxylation sites is 3. The molecule has 0 radical (unpaired) electrons. The standard InChI is InChI=1S/C20H17N5S/c1-12-11-18-14-7-3-4-8-15(14)23-20(25(18)24-12)26-13(2)19-21-16-9-5-6-10-17(16)22-19/h3-11,13H,1-2H3,(H,21,22). The van der Waals surface area contributed by atoms with Gasteiger partial charge < -0.3 is 4.98 Å². The highest BCUT2D eigenvalue weighted by Crippen LogP contribution is 2.35. The molecule has 0 saturated heterocycles. The second-order valence-corrected chi connectivity index (χ2v) is 7.70. The number of fused-ring (bicyclic) bond motifs is 4. The van der Waals surface area contributed by atoms with E-state index in [0.29, 0.717) is 0 Å². The van der Waals surface area contributed by atoms with Crippen molar-refractivity contribution in [3.63, 3.8) is 0 Å². The van der Waals surface area contributed by atoms with E-state index in [9.17, 15) is 0 Å². The molecule has 2 aromatic carbocycles. The molecule has 0 saturated carbocycles. The minimum atomic E-state index is 0.128. The largest absolute Gasteiger partial charge is 0.341 e. The number of aromatic amines is 1. The Morgan fingerprint density at radius 3 is 2.62 bits per heavy atom. The zero-order chi connectivity index (χ0) is 17.7. The summed E-state index contributed by atoms with van der Waals surface area (Å²) >= 11 is 1.67. The normalized spacial score (nSPS) is 13.0. The first-order valence-corrected chi connectivity index (χ1v) is 9.43. The molecule has 1 atom stereocenters. The molecule has 5 nitrogen and oxygen atoms in total. The summed E-state index contributed by atoms with van der Waals surface area (Å²) in [6, 6.07) is 18.4. The smallest absolute Gasteiger partial charge is 0.190 e. The van der Waals surface area contributed by atoms with Crippen molar-refractivity contribution in [2.45, 2.75) is 24.3 Å². The Labute approximate surface area is 154 Å². The van der Waals surface area contributed by atoms with Gasteiger partial charge in [0.1, 0.15) is 5.82 Å². The number of H-pyrrole nitrogens is 1. The molecule has 0 amide bonds.